The van der Waals surface area contributed by atoms with Gasteiger partial charge < -0.3 is 19.8 Å². The van der Waals surface area contributed by atoms with Gasteiger partial charge in [0.2, 0.25) is 0 Å². The number of β-amino-alcohol motifs (C(OH)–C–C–N with tert-alkyl or cyclic N) is 1. The van der Waals surface area contributed by atoms with Gasteiger partial charge in [-0.25, -0.2) is 0 Å². The minimum absolute atomic E-state index is 0.244. The summed E-state index contributed by atoms with van der Waals surface area (Å²) in [5.74, 6) is 0.763. The summed E-state index contributed by atoms with van der Waals surface area (Å²) in [6.07, 6.45) is 2.44. The number of pyridine rings is 1. The molecule has 1 aliphatic heterocycles. The first-order valence-corrected chi connectivity index (χ1v) is 11.2. The number of para-hydroxylation sites is 1. The van der Waals surface area contributed by atoms with Crippen LogP contribution >= 0.6 is 0 Å². The molecular formula is C27H28N2O3. The molecule has 164 valence electrons. The molecule has 1 atom stereocenters. The number of aromatic nitrogens is 1. The number of ether oxygens (including phenoxy) is 1. The van der Waals surface area contributed by atoms with Crippen LogP contribution in [0.3, 0.4) is 0 Å². The highest BCUT2D eigenvalue weighted by molar-refractivity contribution is 5.83. The predicted molar refractivity (Wildman–Crippen MR) is 127 cm³/mol. The molecule has 5 nitrogen and oxygen atoms in total. The molecule has 0 radical (unpaired) electrons. The number of nitrogens with zero attached hydrogens (tertiary/aromatic N) is 2. The van der Waals surface area contributed by atoms with Crippen molar-refractivity contribution in [1.82, 2.24) is 9.88 Å². The van der Waals surface area contributed by atoms with Gasteiger partial charge in [-0.15, -0.1) is 0 Å². The topological polar surface area (TPSA) is 65.8 Å². The summed E-state index contributed by atoms with van der Waals surface area (Å²) in [6.45, 7) is 2.21. The third kappa shape index (κ3) is 4.46. The Kier molecular flexibility index (Phi) is 5.79. The number of hydrogen-bond donors (Lipinski definition) is 2. The second-order valence-electron chi connectivity index (χ2n) is 8.72. The Balaban J connectivity index is 1.15. The Labute approximate surface area is 187 Å². The van der Waals surface area contributed by atoms with Gasteiger partial charge in [0.1, 0.15) is 18.5 Å². The number of benzene rings is 3. The molecule has 2 heterocycles. The van der Waals surface area contributed by atoms with Crippen molar-refractivity contribution in [2.24, 2.45) is 0 Å². The first-order chi connectivity index (χ1) is 15.6. The van der Waals surface area contributed by atoms with E-state index in [9.17, 15) is 10.2 Å². The molecule has 4 aromatic rings. The van der Waals surface area contributed by atoms with Crippen LogP contribution in [-0.2, 0) is 5.60 Å². The molecule has 0 aliphatic carbocycles. The largest absolute Gasteiger partial charge is 0.491 e. The summed E-state index contributed by atoms with van der Waals surface area (Å²) in [5, 5.41) is 25.1. The fourth-order valence-corrected chi connectivity index (χ4v) is 4.52. The molecular weight excluding hydrogens is 400 g/mol. The molecule has 1 fully saturated rings. The van der Waals surface area contributed by atoms with E-state index in [-0.39, 0.29) is 6.61 Å². The number of likely N-dealkylation sites (tertiary alicyclic amines) is 1. The Hall–Kier alpha value is -2.99. The quantitative estimate of drug-likeness (QED) is 0.484. The van der Waals surface area contributed by atoms with Crippen molar-refractivity contribution in [3.63, 3.8) is 0 Å². The third-order valence-corrected chi connectivity index (χ3v) is 6.44. The summed E-state index contributed by atoms with van der Waals surface area (Å²) in [6, 6.07) is 24.1. The van der Waals surface area contributed by atoms with Crippen molar-refractivity contribution in [1.29, 1.82) is 0 Å². The van der Waals surface area contributed by atoms with Crippen LogP contribution in [-0.4, -0.2) is 52.4 Å². The second-order valence-corrected chi connectivity index (χ2v) is 8.72. The zero-order valence-corrected chi connectivity index (χ0v) is 18.0. The van der Waals surface area contributed by atoms with Crippen molar-refractivity contribution < 1.29 is 14.9 Å². The number of hydrogen-bond acceptors (Lipinski definition) is 5. The highest BCUT2D eigenvalue weighted by Gasteiger charge is 2.34. The summed E-state index contributed by atoms with van der Waals surface area (Å²) in [5.41, 5.74) is 0.933. The van der Waals surface area contributed by atoms with Crippen molar-refractivity contribution in [3.8, 4) is 5.75 Å². The van der Waals surface area contributed by atoms with Crippen molar-refractivity contribution in [2.45, 2.75) is 24.5 Å². The fourth-order valence-electron chi connectivity index (χ4n) is 4.52. The van der Waals surface area contributed by atoms with Gasteiger partial charge in [-0.05, 0) is 47.9 Å². The Morgan fingerprint density at radius 3 is 2.44 bits per heavy atom. The summed E-state index contributed by atoms with van der Waals surface area (Å²) in [4.78, 5) is 6.70. The lowest BCUT2D eigenvalue weighted by atomic mass is 9.84. The van der Waals surface area contributed by atoms with Gasteiger partial charge in [0.25, 0.3) is 0 Å². The zero-order chi connectivity index (χ0) is 22.0. The van der Waals surface area contributed by atoms with Crippen LogP contribution in [0.2, 0.25) is 0 Å². The normalized spacial score (nSPS) is 17.4. The van der Waals surface area contributed by atoms with Gasteiger partial charge in [-0.3, -0.25) is 4.98 Å². The molecule has 0 amide bonds. The lowest BCUT2D eigenvalue weighted by molar-refractivity contribution is -0.0373. The first-order valence-electron chi connectivity index (χ1n) is 11.2. The average Bonchev–Trinajstić information content (AvgIpc) is 2.84. The van der Waals surface area contributed by atoms with Crippen LogP contribution < -0.4 is 4.74 Å². The van der Waals surface area contributed by atoms with E-state index >= 15 is 0 Å². The van der Waals surface area contributed by atoms with E-state index in [1.54, 1.807) is 6.20 Å². The number of fused-ring (bicyclic) bond motifs is 2. The van der Waals surface area contributed by atoms with Crippen LogP contribution in [0.4, 0.5) is 0 Å². The second kappa shape index (κ2) is 8.87. The fraction of sp³-hybridized carbons (Fsp3) is 0.296. The van der Waals surface area contributed by atoms with Crippen LogP contribution in [0, 0.1) is 0 Å². The predicted octanol–water partition coefficient (Wildman–Crippen LogP) is 4.11. The number of aliphatic hydroxyl groups is 2. The van der Waals surface area contributed by atoms with Crippen LogP contribution in [0.15, 0.2) is 79.0 Å². The molecule has 5 heteroatoms. The zero-order valence-electron chi connectivity index (χ0n) is 18.0. The SMILES string of the molecule is OC(COc1ccc2ccccc2c1)CN1CCC(O)(c2cnc3ccccc3c2)CC1. The monoisotopic (exact) mass is 428 g/mol. The van der Waals surface area contributed by atoms with Gasteiger partial charge >= 0.3 is 0 Å². The maximum atomic E-state index is 11.2. The molecule has 1 aliphatic rings. The molecule has 32 heavy (non-hydrogen) atoms. The highest BCUT2D eigenvalue weighted by Crippen LogP contribution is 2.33. The van der Waals surface area contributed by atoms with E-state index in [2.05, 4.69) is 22.0 Å². The molecule has 5 rings (SSSR count). The molecule has 3 aromatic carbocycles. The Morgan fingerprint density at radius 1 is 0.906 bits per heavy atom. The Bertz CT molecular complexity index is 1220. The molecule has 0 saturated carbocycles. The number of rotatable bonds is 6. The molecule has 2 N–H and O–H groups in total. The molecule has 1 unspecified atom stereocenters. The van der Waals surface area contributed by atoms with Crippen LogP contribution in [0.1, 0.15) is 18.4 Å². The third-order valence-electron chi connectivity index (χ3n) is 6.44. The van der Waals surface area contributed by atoms with E-state index < -0.39 is 11.7 Å². The average molecular weight is 429 g/mol. The van der Waals surface area contributed by atoms with Crippen molar-refractivity contribution >= 4 is 21.7 Å². The van der Waals surface area contributed by atoms with E-state index in [0.717, 1.165) is 40.7 Å². The van der Waals surface area contributed by atoms with Gasteiger partial charge in [0, 0.05) is 36.8 Å². The van der Waals surface area contributed by atoms with E-state index in [1.165, 1.54) is 5.39 Å². The molecule has 1 saturated heterocycles. The smallest absolute Gasteiger partial charge is 0.120 e. The van der Waals surface area contributed by atoms with Crippen LogP contribution in [0.25, 0.3) is 21.7 Å². The van der Waals surface area contributed by atoms with E-state index in [4.69, 9.17) is 4.74 Å². The lowest BCUT2D eigenvalue weighted by Gasteiger charge is -2.39. The summed E-state index contributed by atoms with van der Waals surface area (Å²) >= 11 is 0. The van der Waals surface area contributed by atoms with Gasteiger partial charge in [-0.2, -0.15) is 0 Å². The molecule has 1 aromatic heterocycles. The minimum Gasteiger partial charge on any atom is -0.491 e. The van der Waals surface area contributed by atoms with E-state index in [1.807, 2.05) is 60.7 Å². The first kappa shape index (κ1) is 20.9. The maximum absolute atomic E-state index is 11.2. The van der Waals surface area contributed by atoms with Gasteiger partial charge in [0.15, 0.2) is 0 Å². The lowest BCUT2D eigenvalue weighted by Crippen LogP contribution is -2.46. The Morgan fingerprint density at radius 2 is 1.62 bits per heavy atom. The maximum Gasteiger partial charge on any atom is 0.120 e. The van der Waals surface area contributed by atoms with Crippen molar-refractivity contribution in [3.05, 3.63) is 84.6 Å². The number of piperidine rings is 1. The number of aliphatic hydroxyl groups excluding tert-OH is 1. The molecule has 0 bridgehead atoms. The van der Waals surface area contributed by atoms with Crippen LogP contribution in [0.5, 0.6) is 5.75 Å². The standard InChI is InChI=1S/C27H28N2O3/c30-24(19-32-25-10-9-20-5-1-2-6-21(20)16-25)18-29-13-11-27(31,12-14-29)23-15-22-7-3-4-8-26(22)28-17-23/h1-10,15-17,24,30-31H,11-14,18-19H2. The molecule has 0 spiro atoms. The highest BCUT2D eigenvalue weighted by atomic mass is 16.5. The minimum atomic E-state index is -0.875. The summed E-state index contributed by atoms with van der Waals surface area (Å²) < 4.78 is 5.83. The van der Waals surface area contributed by atoms with Crippen molar-refractivity contribution in [2.75, 3.05) is 26.2 Å². The van der Waals surface area contributed by atoms with Gasteiger partial charge in [-0.1, -0.05) is 48.5 Å². The van der Waals surface area contributed by atoms with Gasteiger partial charge in [0.05, 0.1) is 11.1 Å². The summed E-state index contributed by atoms with van der Waals surface area (Å²) in [7, 11) is 0. The van der Waals surface area contributed by atoms with E-state index in [0.29, 0.717) is 19.4 Å².